The fraction of sp³-hybridized carbons (Fsp3) is 0.400. The van der Waals surface area contributed by atoms with Crippen molar-refractivity contribution in [1.82, 2.24) is 0 Å². The van der Waals surface area contributed by atoms with Crippen LogP contribution in [0.5, 0.6) is 0 Å². The van der Waals surface area contributed by atoms with E-state index in [-0.39, 0.29) is 0 Å². The van der Waals surface area contributed by atoms with Crippen molar-refractivity contribution in [2.45, 2.75) is 11.8 Å². The molecule has 0 bridgehead atoms. The molecule has 0 spiro atoms. The van der Waals surface area contributed by atoms with E-state index >= 15 is 0 Å². The molecule has 78 valence electrons. The van der Waals surface area contributed by atoms with E-state index in [0.717, 1.165) is 26.8 Å². The molecule has 1 nitrogen and oxygen atoms in total. The fourth-order valence-electron chi connectivity index (χ4n) is 1.14. The van der Waals surface area contributed by atoms with Gasteiger partial charge in [0.15, 0.2) is 0 Å². The van der Waals surface area contributed by atoms with Gasteiger partial charge in [0.1, 0.15) is 0 Å². The maximum Gasteiger partial charge on any atom is 0.0503 e. The maximum absolute atomic E-state index is 6.09. The minimum atomic E-state index is 0.711. The normalized spacial score (nSPS) is 10.6. The van der Waals surface area contributed by atoms with Crippen LogP contribution in [0.25, 0.3) is 0 Å². The third-order valence-electron chi connectivity index (χ3n) is 1.93. The van der Waals surface area contributed by atoms with Crippen molar-refractivity contribution >= 4 is 43.5 Å². The molecule has 0 aliphatic carbocycles. The van der Waals surface area contributed by atoms with Gasteiger partial charge in [-0.25, -0.2) is 0 Å². The highest BCUT2D eigenvalue weighted by Gasteiger charge is 2.05. The molecule has 0 N–H and O–H groups in total. The van der Waals surface area contributed by atoms with Gasteiger partial charge in [0.2, 0.25) is 0 Å². The second kappa shape index (κ2) is 6.11. The molecular weight excluding hydrogens is 331 g/mol. The van der Waals surface area contributed by atoms with Gasteiger partial charge in [0, 0.05) is 21.9 Å². The topological polar surface area (TPSA) is 9.23 Å². The van der Waals surface area contributed by atoms with Crippen LogP contribution in [0, 0.1) is 0 Å². The zero-order valence-electron chi connectivity index (χ0n) is 7.82. The van der Waals surface area contributed by atoms with E-state index in [1.165, 1.54) is 5.56 Å². The molecule has 0 heterocycles. The quantitative estimate of drug-likeness (QED) is 0.746. The number of benzene rings is 1. The Kier molecular flexibility index (Phi) is 5.45. The Morgan fingerprint density at radius 3 is 2.64 bits per heavy atom. The van der Waals surface area contributed by atoms with E-state index in [0.29, 0.717) is 6.61 Å². The average Bonchev–Trinajstić information content (AvgIpc) is 2.18. The summed E-state index contributed by atoms with van der Waals surface area (Å²) >= 11 is 13.0. The molecule has 0 amide bonds. The van der Waals surface area contributed by atoms with Crippen LogP contribution in [0.15, 0.2) is 16.6 Å². The van der Waals surface area contributed by atoms with Crippen molar-refractivity contribution in [3.8, 4) is 0 Å². The van der Waals surface area contributed by atoms with Crippen LogP contribution >= 0.6 is 43.5 Å². The molecule has 0 saturated carbocycles. The van der Waals surface area contributed by atoms with E-state index < -0.39 is 0 Å². The molecule has 0 atom stereocenters. The van der Waals surface area contributed by atoms with Crippen LogP contribution < -0.4 is 0 Å². The highest BCUT2D eigenvalue weighted by Crippen LogP contribution is 2.27. The van der Waals surface area contributed by atoms with Crippen LogP contribution in [0.1, 0.15) is 11.1 Å². The summed E-state index contributed by atoms with van der Waals surface area (Å²) in [5.74, 6) is 0. The third-order valence-corrected chi connectivity index (χ3v) is 3.63. The monoisotopic (exact) mass is 340 g/mol. The summed E-state index contributed by atoms with van der Waals surface area (Å²) in [6.45, 7) is 0.711. The number of methoxy groups -OCH3 is 1. The first kappa shape index (κ1) is 12.5. The first-order valence-corrected chi connectivity index (χ1v) is 6.50. The predicted molar refractivity (Wildman–Crippen MR) is 67.4 cm³/mol. The Balaban J connectivity index is 2.90. The van der Waals surface area contributed by atoms with Gasteiger partial charge < -0.3 is 4.74 Å². The first-order chi connectivity index (χ1) is 6.69. The Morgan fingerprint density at radius 2 is 2.07 bits per heavy atom. The smallest absolute Gasteiger partial charge is 0.0503 e. The van der Waals surface area contributed by atoms with Crippen molar-refractivity contribution in [3.05, 3.63) is 32.8 Å². The standard InChI is InChI=1S/C10H11Br2ClO/c1-14-3-2-7-5-10(13)8(6-11)4-9(7)12/h4-5H,2-3,6H2,1H3. The summed E-state index contributed by atoms with van der Waals surface area (Å²) in [7, 11) is 1.70. The molecule has 1 aromatic carbocycles. The van der Waals surface area contributed by atoms with Gasteiger partial charge >= 0.3 is 0 Å². The Hall–Kier alpha value is 0.430. The summed E-state index contributed by atoms with van der Waals surface area (Å²) < 4.78 is 6.12. The van der Waals surface area contributed by atoms with Gasteiger partial charge in [0.25, 0.3) is 0 Å². The molecular formula is C10H11Br2ClO. The van der Waals surface area contributed by atoms with Crippen molar-refractivity contribution in [1.29, 1.82) is 0 Å². The van der Waals surface area contributed by atoms with Crippen LogP contribution in [0.4, 0.5) is 0 Å². The summed E-state index contributed by atoms with van der Waals surface area (Å²) in [4.78, 5) is 0. The average molecular weight is 342 g/mol. The minimum Gasteiger partial charge on any atom is -0.384 e. The molecule has 1 rings (SSSR count). The van der Waals surface area contributed by atoms with Gasteiger partial charge in [-0.2, -0.15) is 0 Å². The predicted octanol–water partition coefficient (Wildman–Crippen LogP) is 4.19. The number of alkyl halides is 1. The SMILES string of the molecule is COCCc1cc(Cl)c(CBr)cc1Br. The summed E-state index contributed by atoms with van der Waals surface area (Å²) in [6, 6.07) is 4.03. The summed E-state index contributed by atoms with van der Waals surface area (Å²) in [5, 5.41) is 1.57. The largest absolute Gasteiger partial charge is 0.384 e. The number of rotatable bonds is 4. The number of halogens is 3. The zero-order chi connectivity index (χ0) is 10.6. The van der Waals surface area contributed by atoms with Crippen LogP contribution in [-0.4, -0.2) is 13.7 Å². The molecule has 0 aliphatic heterocycles. The molecule has 0 aromatic heterocycles. The van der Waals surface area contributed by atoms with E-state index in [1.54, 1.807) is 7.11 Å². The highest BCUT2D eigenvalue weighted by atomic mass is 79.9. The van der Waals surface area contributed by atoms with Crippen LogP contribution in [-0.2, 0) is 16.5 Å². The Labute approximate surface area is 106 Å². The van der Waals surface area contributed by atoms with Gasteiger partial charge in [-0.05, 0) is 29.7 Å². The second-order valence-corrected chi connectivity index (χ2v) is 4.73. The van der Waals surface area contributed by atoms with Crippen LogP contribution in [0.3, 0.4) is 0 Å². The molecule has 4 heteroatoms. The number of hydrogen-bond donors (Lipinski definition) is 0. The Morgan fingerprint density at radius 1 is 1.36 bits per heavy atom. The third kappa shape index (κ3) is 3.23. The molecule has 0 aliphatic rings. The van der Waals surface area contributed by atoms with Gasteiger partial charge in [-0.1, -0.05) is 43.5 Å². The van der Waals surface area contributed by atoms with Crippen molar-refractivity contribution in [3.63, 3.8) is 0 Å². The number of hydrogen-bond acceptors (Lipinski definition) is 1. The van der Waals surface area contributed by atoms with Gasteiger partial charge in [-0.15, -0.1) is 0 Å². The van der Waals surface area contributed by atoms with E-state index in [1.807, 2.05) is 12.1 Å². The molecule has 0 fully saturated rings. The first-order valence-electron chi connectivity index (χ1n) is 4.20. The van der Waals surface area contributed by atoms with Crippen molar-refractivity contribution < 1.29 is 4.74 Å². The second-order valence-electron chi connectivity index (χ2n) is 2.91. The molecule has 14 heavy (non-hydrogen) atoms. The van der Waals surface area contributed by atoms with E-state index in [9.17, 15) is 0 Å². The lowest BCUT2D eigenvalue weighted by molar-refractivity contribution is 0.202. The lowest BCUT2D eigenvalue weighted by Gasteiger charge is -2.07. The molecule has 0 unspecified atom stereocenters. The minimum absolute atomic E-state index is 0.711. The summed E-state index contributed by atoms with van der Waals surface area (Å²) in [6.07, 6.45) is 0.874. The lowest BCUT2D eigenvalue weighted by atomic mass is 10.1. The van der Waals surface area contributed by atoms with Crippen molar-refractivity contribution in [2.75, 3.05) is 13.7 Å². The fourth-order valence-corrected chi connectivity index (χ4v) is 2.60. The molecule has 0 saturated heterocycles. The molecule has 0 radical (unpaired) electrons. The molecule has 1 aromatic rings. The maximum atomic E-state index is 6.09. The van der Waals surface area contributed by atoms with E-state index in [4.69, 9.17) is 16.3 Å². The zero-order valence-corrected chi connectivity index (χ0v) is 11.7. The Bertz CT molecular complexity index is 315. The van der Waals surface area contributed by atoms with Crippen LogP contribution in [0.2, 0.25) is 5.02 Å². The summed E-state index contributed by atoms with van der Waals surface area (Å²) in [5.41, 5.74) is 2.28. The number of ether oxygens (including phenoxy) is 1. The lowest BCUT2D eigenvalue weighted by Crippen LogP contribution is -1.96. The van der Waals surface area contributed by atoms with E-state index in [2.05, 4.69) is 31.9 Å². The highest BCUT2D eigenvalue weighted by molar-refractivity contribution is 9.10. The van der Waals surface area contributed by atoms with Gasteiger partial charge in [-0.3, -0.25) is 0 Å². The van der Waals surface area contributed by atoms with Crippen molar-refractivity contribution in [2.24, 2.45) is 0 Å². The van der Waals surface area contributed by atoms with Gasteiger partial charge in [0.05, 0.1) is 6.61 Å².